The Bertz CT molecular complexity index is 234. The van der Waals surface area contributed by atoms with Gasteiger partial charge >= 0.3 is 0 Å². The molecule has 1 rings (SSSR count). The molecule has 3 atom stereocenters. The van der Waals surface area contributed by atoms with Crippen LogP contribution in [0.25, 0.3) is 0 Å². The number of carbonyl (C=O) groups excluding carboxylic acids is 1. The fraction of sp³-hybridized carbons (Fsp3) is 0.778. The van der Waals surface area contributed by atoms with E-state index in [-0.39, 0.29) is 11.8 Å². The van der Waals surface area contributed by atoms with Crippen LogP contribution in [0.1, 0.15) is 26.2 Å². The van der Waals surface area contributed by atoms with E-state index in [2.05, 4.69) is 5.32 Å². The monoisotopic (exact) mass is 182 g/mol. The first kappa shape index (κ1) is 10.0. The molecule has 4 nitrogen and oxygen atoms in total. The van der Waals surface area contributed by atoms with Crippen LogP contribution in [0.2, 0.25) is 0 Å². The molecule has 0 aliphatic heterocycles. The van der Waals surface area contributed by atoms with E-state index in [0.29, 0.717) is 6.42 Å². The second-order valence-corrected chi connectivity index (χ2v) is 3.46. The lowest BCUT2D eigenvalue weighted by molar-refractivity contribution is -0.127. The minimum atomic E-state index is -0.522. The maximum Gasteiger partial charge on any atom is 0.226 e. The highest BCUT2D eigenvalue weighted by Crippen LogP contribution is 2.25. The summed E-state index contributed by atoms with van der Waals surface area (Å²) in [7, 11) is 0. The third kappa shape index (κ3) is 2.43. The van der Waals surface area contributed by atoms with Crippen LogP contribution in [0.3, 0.4) is 0 Å². The van der Waals surface area contributed by atoms with Crippen LogP contribution in [-0.2, 0) is 4.79 Å². The standard InChI is InChI=1S/C9H14N2O2/c1-6(5-10)11-9(13)7-3-2-4-8(7)12/h6-8,12H,2-4H2,1H3,(H,11,13)/t6-,7?,8?/m1/s1. The molecule has 0 heterocycles. The van der Waals surface area contributed by atoms with Gasteiger partial charge < -0.3 is 10.4 Å². The van der Waals surface area contributed by atoms with E-state index in [9.17, 15) is 9.90 Å². The van der Waals surface area contributed by atoms with Crippen LogP contribution < -0.4 is 5.32 Å². The number of carbonyl (C=O) groups is 1. The summed E-state index contributed by atoms with van der Waals surface area (Å²) in [4.78, 5) is 11.4. The summed E-state index contributed by atoms with van der Waals surface area (Å²) in [6.07, 6.45) is 1.79. The van der Waals surface area contributed by atoms with Gasteiger partial charge in [0.2, 0.25) is 5.91 Å². The number of aliphatic hydroxyl groups excluding tert-OH is 1. The predicted molar refractivity (Wildman–Crippen MR) is 46.6 cm³/mol. The van der Waals surface area contributed by atoms with Crippen LogP contribution >= 0.6 is 0 Å². The van der Waals surface area contributed by atoms with E-state index in [1.54, 1.807) is 6.92 Å². The van der Waals surface area contributed by atoms with Gasteiger partial charge in [0.25, 0.3) is 0 Å². The van der Waals surface area contributed by atoms with E-state index in [1.165, 1.54) is 0 Å². The Labute approximate surface area is 77.6 Å². The Kier molecular flexibility index (Phi) is 3.26. The van der Waals surface area contributed by atoms with Gasteiger partial charge in [-0.1, -0.05) is 0 Å². The fourth-order valence-corrected chi connectivity index (χ4v) is 1.60. The van der Waals surface area contributed by atoms with E-state index in [0.717, 1.165) is 12.8 Å². The maximum absolute atomic E-state index is 11.4. The van der Waals surface area contributed by atoms with Crippen LogP contribution in [0.15, 0.2) is 0 Å². The summed E-state index contributed by atoms with van der Waals surface area (Å²) < 4.78 is 0. The van der Waals surface area contributed by atoms with Crippen molar-refractivity contribution in [1.82, 2.24) is 5.32 Å². The fourth-order valence-electron chi connectivity index (χ4n) is 1.60. The second kappa shape index (κ2) is 4.24. The molecule has 0 aromatic carbocycles. The molecule has 2 unspecified atom stereocenters. The van der Waals surface area contributed by atoms with Crippen LogP contribution in [0.5, 0.6) is 0 Å². The summed E-state index contributed by atoms with van der Waals surface area (Å²) >= 11 is 0. The van der Waals surface area contributed by atoms with Gasteiger partial charge in [-0.2, -0.15) is 5.26 Å². The Morgan fingerprint density at radius 2 is 2.38 bits per heavy atom. The smallest absolute Gasteiger partial charge is 0.226 e. The Morgan fingerprint density at radius 3 is 2.85 bits per heavy atom. The zero-order chi connectivity index (χ0) is 9.84. The van der Waals surface area contributed by atoms with Crippen LogP contribution in [0, 0.1) is 17.2 Å². The first-order chi connectivity index (χ1) is 6.15. The van der Waals surface area contributed by atoms with Crippen molar-refractivity contribution in [3.8, 4) is 6.07 Å². The van der Waals surface area contributed by atoms with Gasteiger partial charge in [0.1, 0.15) is 6.04 Å². The summed E-state index contributed by atoms with van der Waals surface area (Å²) in [5.74, 6) is -0.505. The highest BCUT2D eigenvalue weighted by atomic mass is 16.3. The number of nitrogens with zero attached hydrogens (tertiary/aromatic N) is 1. The molecule has 2 N–H and O–H groups in total. The molecule has 1 saturated carbocycles. The molecule has 0 aromatic rings. The van der Waals surface area contributed by atoms with Crippen molar-refractivity contribution in [2.75, 3.05) is 0 Å². The lowest BCUT2D eigenvalue weighted by Crippen LogP contribution is -2.39. The molecule has 4 heteroatoms. The lowest BCUT2D eigenvalue weighted by Gasteiger charge is -2.15. The summed E-state index contributed by atoms with van der Waals surface area (Å²) in [5.41, 5.74) is 0. The number of nitrogens with one attached hydrogen (secondary N) is 1. The molecule has 1 fully saturated rings. The number of nitriles is 1. The number of hydrogen-bond donors (Lipinski definition) is 2. The Morgan fingerprint density at radius 1 is 1.69 bits per heavy atom. The zero-order valence-electron chi connectivity index (χ0n) is 7.66. The predicted octanol–water partition coefficient (Wildman–Crippen LogP) is 0.176. The SMILES string of the molecule is C[C@H](C#N)NC(=O)C1CCCC1O. The van der Waals surface area contributed by atoms with Gasteiger partial charge in [0, 0.05) is 0 Å². The van der Waals surface area contributed by atoms with Gasteiger partial charge in [-0.15, -0.1) is 0 Å². The van der Waals surface area contributed by atoms with Gasteiger partial charge in [-0.3, -0.25) is 4.79 Å². The number of aliphatic hydroxyl groups is 1. The zero-order valence-corrected chi connectivity index (χ0v) is 7.66. The molecule has 0 bridgehead atoms. The second-order valence-electron chi connectivity index (χ2n) is 3.46. The van der Waals surface area contributed by atoms with Crippen molar-refractivity contribution in [2.45, 2.75) is 38.3 Å². The van der Waals surface area contributed by atoms with Crippen molar-refractivity contribution >= 4 is 5.91 Å². The molecule has 0 saturated heterocycles. The first-order valence-corrected chi connectivity index (χ1v) is 4.53. The highest BCUT2D eigenvalue weighted by Gasteiger charge is 2.31. The molecule has 13 heavy (non-hydrogen) atoms. The Hall–Kier alpha value is -1.08. The van der Waals surface area contributed by atoms with Gasteiger partial charge in [0.15, 0.2) is 0 Å². The molecular weight excluding hydrogens is 168 g/mol. The summed E-state index contributed by atoms with van der Waals surface area (Å²) in [6, 6.07) is 1.45. The van der Waals surface area contributed by atoms with E-state index < -0.39 is 12.1 Å². The third-order valence-corrected chi connectivity index (χ3v) is 2.37. The number of rotatable bonds is 2. The van der Waals surface area contributed by atoms with Gasteiger partial charge in [-0.05, 0) is 26.2 Å². The summed E-state index contributed by atoms with van der Waals surface area (Å²) in [6.45, 7) is 1.62. The minimum absolute atomic E-state index is 0.195. The van der Waals surface area contributed by atoms with Crippen LogP contribution in [0.4, 0.5) is 0 Å². The molecule has 1 aliphatic rings. The molecule has 0 radical (unpaired) electrons. The largest absolute Gasteiger partial charge is 0.392 e. The van der Waals surface area contributed by atoms with Crippen molar-refractivity contribution in [2.24, 2.45) is 5.92 Å². The maximum atomic E-state index is 11.4. The normalized spacial score (nSPS) is 29.3. The average molecular weight is 182 g/mol. The minimum Gasteiger partial charge on any atom is -0.392 e. The quantitative estimate of drug-likeness (QED) is 0.639. The molecule has 1 amide bonds. The first-order valence-electron chi connectivity index (χ1n) is 4.53. The van der Waals surface area contributed by atoms with Crippen molar-refractivity contribution < 1.29 is 9.90 Å². The Balaban J connectivity index is 2.44. The average Bonchev–Trinajstić information content (AvgIpc) is 2.51. The topological polar surface area (TPSA) is 73.1 Å². The highest BCUT2D eigenvalue weighted by molar-refractivity contribution is 5.80. The van der Waals surface area contributed by atoms with E-state index in [1.807, 2.05) is 6.07 Å². The van der Waals surface area contributed by atoms with Gasteiger partial charge in [0.05, 0.1) is 18.1 Å². The van der Waals surface area contributed by atoms with E-state index in [4.69, 9.17) is 5.26 Å². The van der Waals surface area contributed by atoms with E-state index >= 15 is 0 Å². The number of hydrogen-bond acceptors (Lipinski definition) is 3. The molecule has 0 aromatic heterocycles. The van der Waals surface area contributed by atoms with Crippen LogP contribution in [-0.4, -0.2) is 23.2 Å². The van der Waals surface area contributed by atoms with Crippen molar-refractivity contribution in [3.63, 3.8) is 0 Å². The molecule has 0 spiro atoms. The molecular formula is C9H14N2O2. The summed E-state index contributed by atoms with van der Waals surface area (Å²) in [5, 5.41) is 20.4. The molecule has 1 aliphatic carbocycles. The lowest BCUT2D eigenvalue weighted by atomic mass is 10.1. The number of amides is 1. The molecule has 72 valence electrons. The van der Waals surface area contributed by atoms with Gasteiger partial charge in [-0.25, -0.2) is 0 Å². The van der Waals surface area contributed by atoms with Crippen molar-refractivity contribution in [3.05, 3.63) is 0 Å². The van der Waals surface area contributed by atoms with Crippen molar-refractivity contribution in [1.29, 1.82) is 5.26 Å². The third-order valence-electron chi connectivity index (χ3n) is 2.37.